The van der Waals surface area contributed by atoms with Crippen LogP contribution in [0, 0.1) is 13.8 Å². The van der Waals surface area contributed by atoms with E-state index in [1.807, 2.05) is 26.0 Å². The molecular weight excluding hydrogens is 358 g/mol. The minimum absolute atomic E-state index is 0.143. The quantitative estimate of drug-likeness (QED) is 0.560. The zero-order chi connectivity index (χ0) is 18.4. The molecule has 0 saturated heterocycles. The van der Waals surface area contributed by atoms with Gasteiger partial charge < -0.3 is 10.3 Å². The van der Waals surface area contributed by atoms with E-state index in [2.05, 4.69) is 22.2 Å². The zero-order valence-corrected chi connectivity index (χ0v) is 16.2. The number of aryl methyl sites for hydroxylation is 3. The van der Waals surface area contributed by atoms with E-state index in [0.29, 0.717) is 15.9 Å². The molecule has 2 rings (SSSR count). The maximum Gasteiger partial charge on any atom is 0.251 e. The number of hydrogen-bond donors (Lipinski definition) is 2. The summed E-state index contributed by atoms with van der Waals surface area (Å²) in [6.45, 7) is 5.94. The third kappa shape index (κ3) is 5.90. The summed E-state index contributed by atoms with van der Waals surface area (Å²) in [4.78, 5) is 31.0. The van der Waals surface area contributed by atoms with Crippen molar-refractivity contribution in [2.24, 2.45) is 0 Å². The summed E-state index contributed by atoms with van der Waals surface area (Å²) in [7, 11) is 0. The van der Waals surface area contributed by atoms with E-state index < -0.39 is 0 Å². The van der Waals surface area contributed by atoms with Gasteiger partial charge in [-0.25, -0.2) is 4.98 Å². The van der Waals surface area contributed by atoms with E-state index >= 15 is 0 Å². The lowest BCUT2D eigenvalue weighted by Gasteiger charge is -2.11. The Morgan fingerprint density at radius 3 is 2.76 bits per heavy atom. The molecule has 0 radical (unpaired) electrons. The van der Waals surface area contributed by atoms with Gasteiger partial charge >= 0.3 is 0 Å². The van der Waals surface area contributed by atoms with Crippen LogP contribution in [0.2, 0.25) is 5.02 Å². The van der Waals surface area contributed by atoms with E-state index in [0.717, 1.165) is 36.1 Å². The molecule has 1 amide bonds. The van der Waals surface area contributed by atoms with Gasteiger partial charge in [0.2, 0.25) is 5.91 Å². The Morgan fingerprint density at radius 1 is 1.32 bits per heavy atom. The second-order valence-corrected chi connectivity index (χ2v) is 7.29. The molecule has 0 aliphatic heterocycles. The van der Waals surface area contributed by atoms with Crippen molar-refractivity contribution in [2.75, 3.05) is 11.1 Å². The van der Waals surface area contributed by atoms with Crippen molar-refractivity contribution in [1.29, 1.82) is 0 Å². The molecule has 0 atom stereocenters. The number of anilines is 1. The third-order valence-electron chi connectivity index (χ3n) is 3.60. The van der Waals surface area contributed by atoms with Gasteiger partial charge in [0, 0.05) is 11.8 Å². The number of nitrogens with one attached hydrogen (secondary N) is 2. The molecule has 0 bridgehead atoms. The Labute approximate surface area is 156 Å². The fourth-order valence-corrected chi connectivity index (χ4v) is 3.48. The Hall–Kier alpha value is -1.79. The lowest BCUT2D eigenvalue weighted by Crippen LogP contribution is -2.17. The Balaban J connectivity index is 2.01. The van der Waals surface area contributed by atoms with Crippen LogP contribution in [0.15, 0.2) is 28.2 Å². The number of carbonyl (C=O) groups is 1. The molecule has 2 aromatic rings. The summed E-state index contributed by atoms with van der Waals surface area (Å²) in [6, 6.07) is 5.29. The first-order valence-corrected chi connectivity index (χ1v) is 9.55. The third-order valence-corrected chi connectivity index (χ3v) is 4.77. The topological polar surface area (TPSA) is 74.8 Å². The number of H-pyrrole nitrogens is 1. The van der Waals surface area contributed by atoms with Crippen LogP contribution >= 0.6 is 23.4 Å². The number of nitrogens with zero attached hydrogens (tertiary/aromatic N) is 1. The van der Waals surface area contributed by atoms with Crippen LogP contribution in [0.25, 0.3) is 0 Å². The van der Waals surface area contributed by atoms with Gasteiger partial charge in [0.1, 0.15) is 0 Å². The summed E-state index contributed by atoms with van der Waals surface area (Å²) in [5, 5.41) is 3.80. The van der Waals surface area contributed by atoms with Crippen LogP contribution < -0.4 is 10.9 Å². The highest BCUT2D eigenvalue weighted by Gasteiger charge is 2.11. The predicted molar refractivity (Wildman–Crippen MR) is 104 cm³/mol. The number of amides is 1. The Bertz CT molecular complexity index is 797. The van der Waals surface area contributed by atoms with Crippen molar-refractivity contribution in [3.8, 4) is 0 Å². The average molecular weight is 380 g/mol. The first-order chi connectivity index (χ1) is 11.9. The maximum absolute atomic E-state index is 12.2. The highest BCUT2D eigenvalue weighted by molar-refractivity contribution is 7.99. The first kappa shape index (κ1) is 19.5. The fourth-order valence-electron chi connectivity index (χ4n) is 2.42. The number of thioether (sulfide) groups is 1. The zero-order valence-electron chi connectivity index (χ0n) is 14.6. The number of unbranched alkanes of at least 4 members (excludes halogenated alkanes) is 1. The molecule has 0 unspecified atom stereocenters. The van der Waals surface area contributed by atoms with Crippen LogP contribution in [0.5, 0.6) is 0 Å². The van der Waals surface area contributed by atoms with Crippen LogP contribution in [-0.4, -0.2) is 21.6 Å². The number of aromatic amines is 1. The van der Waals surface area contributed by atoms with Gasteiger partial charge in [0.15, 0.2) is 5.16 Å². The van der Waals surface area contributed by atoms with Crippen molar-refractivity contribution in [3.63, 3.8) is 0 Å². The SMILES string of the molecule is CCCCc1cc(=O)[nH]c(SCC(=O)Nc2c(C)cc(C)cc2Cl)n1. The molecule has 2 N–H and O–H groups in total. The van der Waals surface area contributed by atoms with Crippen molar-refractivity contribution in [1.82, 2.24) is 9.97 Å². The molecule has 1 heterocycles. The molecule has 7 heteroatoms. The average Bonchev–Trinajstić information content (AvgIpc) is 2.54. The molecular formula is C18H22ClN3O2S. The monoisotopic (exact) mass is 379 g/mol. The molecule has 0 saturated carbocycles. The minimum Gasteiger partial charge on any atom is -0.324 e. The normalized spacial score (nSPS) is 10.7. The number of aromatic nitrogens is 2. The van der Waals surface area contributed by atoms with E-state index in [-0.39, 0.29) is 17.2 Å². The molecule has 5 nitrogen and oxygen atoms in total. The van der Waals surface area contributed by atoms with Gasteiger partial charge in [-0.15, -0.1) is 0 Å². The molecule has 0 aliphatic rings. The van der Waals surface area contributed by atoms with Crippen LogP contribution in [0.3, 0.4) is 0 Å². The molecule has 0 spiro atoms. The van der Waals surface area contributed by atoms with E-state index in [1.54, 1.807) is 0 Å². The molecule has 25 heavy (non-hydrogen) atoms. The number of halogens is 1. The standard InChI is InChI=1S/C18H22ClN3O2S/c1-4-5-6-13-9-15(23)22-18(20-13)25-10-16(24)21-17-12(3)7-11(2)8-14(17)19/h7-9H,4-6,10H2,1-3H3,(H,21,24)(H,20,22,23). The summed E-state index contributed by atoms with van der Waals surface area (Å²) in [5.74, 6) is -0.0513. The minimum atomic E-state index is -0.194. The smallest absolute Gasteiger partial charge is 0.251 e. The highest BCUT2D eigenvalue weighted by Crippen LogP contribution is 2.27. The summed E-state index contributed by atoms with van der Waals surface area (Å²) >= 11 is 7.41. The summed E-state index contributed by atoms with van der Waals surface area (Å²) in [5.41, 5.74) is 3.14. The number of hydrogen-bond acceptors (Lipinski definition) is 4. The van der Waals surface area contributed by atoms with Gasteiger partial charge in [-0.1, -0.05) is 42.8 Å². The lowest BCUT2D eigenvalue weighted by atomic mass is 10.1. The fraction of sp³-hybridized carbons (Fsp3) is 0.389. The number of rotatable bonds is 7. The molecule has 0 fully saturated rings. The summed E-state index contributed by atoms with van der Waals surface area (Å²) in [6.07, 6.45) is 2.78. The van der Waals surface area contributed by atoms with Gasteiger partial charge in [-0.3, -0.25) is 9.59 Å². The van der Waals surface area contributed by atoms with Crippen molar-refractivity contribution < 1.29 is 4.79 Å². The number of carbonyl (C=O) groups excluding carboxylic acids is 1. The molecule has 0 aliphatic carbocycles. The van der Waals surface area contributed by atoms with Crippen LogP contribution in [0.1, 0.15) is 36.6 Å². The largest absolute Gasteiger partial charge is 0.324 e. The van der Waals surface area contributed by atoms with Gasteiger partial charge in [-0.05, 0) is 43.9 Å². The highest BCUT2D eigenvalue weighted by atomic mass is 35.5. The second-order valence-electron chi connectivity index (χ2n) is 5.92. The van der Waals surface area contributed by atoms with Crippen LogP contribution in [0.4, 0.5) is 5.69 Å². The van der Waals surface area contributed by atoms with Crippen molar-refractivity contribution in [2.45, 2.75) is 45.2 Å². The van der Waals surface area contributed by atoms with Crippen LogP contribution in [-0.2, 0) is 11.2 Å². The first-order valence-electron chi connectivity index (χ1n) is 8.18. The molecule has 134 valence electrons. The number of benzene rings is 1. The maximum atomic E-state index is 12.2. The van der Waals surface area contributed by atoms with Gasteiger partial charge in [-0.2, -0.15) is 0 Å². The van der Waals surface area contributed by atoms with E-state index in [1.165, 1.54) is 17.8 Å². The van der Waals surface area contributed by atoms with Gasteiger partial charge in [0.05, 0.1) is 16.5 Å². The van der Waals surface area contributed by atoms with E-state index in [4.69, 9.17) is 11.6 Å². The van der Waals surface area contributed by atoms with E-state index in [9.17, 15) is 9.59 Å². The lowest BCUT2D eigenvalue weighted by molar-refractivity contribution is -0.113. The van der Waals surface area contributed by atoms with Gasteiger partial charge in [0.25, 0.3) is 5.56 Å². The Kier molecular flexibility index (Phi) is 7.08. The molecule has 1 aromatic carbocycles. The summed E-state index contributed by atoms with van der Waals surface area (Å²) < 4.78 is 0. The predicted octanol–water partition coefficient (Wildman–Crippen LogP) is 4.11. The second kappa shape index (κ2) is 9.06. The van der Waals surface area contributed by atoms with Crippen molar-refractivity contribution in [3.05, 3.63) is 50.4 Å². The molecule has 1 aromatic heterocycles. The van der Waals surface area contributed by atoms with Crippen molar-refractivity contribution >= 4 is 35.0 Å². The Morgan fingerprint density at radius 2 is 2.08 bits per heavy atom.